The zero-order valence-electron chi connectivity index (χ0n) is 19.5. The monoisotopic (exact) mass is 472 g/mol. The van der Waals surface area contributed by atoms with Gasteiger partial charge < -0.3 is 14.8 Å². The smallest absolute Gasteiger partial charge is 0.251 e. The van der Waals surface area contributed by atoms with Crippen LogP contribution in [0.15, 0.2) is 24.3 Å². The van der Waals surface area contributed by atoms with E-state index in [1.165, 1.54) is 19.3 Å². The molecule has 2 aliphatic rings. The highest BCUT2D eigenvalue weighted by atomic mass is 35.5. The summed E-state index contributed by atoms with van der Waals surface area (Å²) in [5, 5.41) is 12.3. The molecule has 0 radical (unpaired) electrons. The van der Waals surface area contributed by atoms with Crippen LogP contribution in [0.4, 0.5) is 0 Å². The van der Waals surface area contributed by atoms with Gasteiger partial charge in [-0.05, 0) is 43.0 Å². The van der Waals surface area contributed by atoms with Crippen molar-refractivity contribution in [2.75, 3.05) is 26.2 Å². The van der Waals surface area contributed by atoms with Gasteiger partial charge in [-0.15, -0.1) is 10.2 Å². The summed E-state index contributed by atoms with van der Waals surface area (Å²) in [6.07, 6.45) is 4.62. The number of piperazine rings is 1. The Morgan fingerprint density at radius 3 is 2.42 bits per heavy atom. The molecular formula is C24H33ClN6O2. The number of carbonyl (C=O) groups is 2. The Morgan fingerprint density at radius 1 is 1.00 bits per heavy atom. The predicted octanol–water partition coefficient (Wildman–Crippen LogP) is 2.76. The summed E-state index contributed by atoms with van der Waals surface area (Å²) >= 11 is 5.92. The molecule has 1 aromatic carbocycles. The lowest BCUT2D eigenvalue weighted by Gasteiger charge is -2.37. The van der Waals surface area contributed by atoms with Gasteiger partial charge in [0.25, 0.3) is 5.91 Å². The number of hydrogen-bond acceptors (Lipinski definition) is 5. The highest BCUT2D eigenvalue weighted by Gasteiger charge is 2.31. The quantitative estimate of drug-likeness (QED) is 0.699. The second-order valence-corrected chi connectivity index (χ2v) is 9.73. The van der Waals surface area contributed by atoms with E-state index in [0.29, 0.717) is 23.7 Å². The molecule has 1 fully saturated rings. The molecule has 2 aromatic rings. The minimum Gasteiger partial charge on any atom is -0.340 e. The fourth-order valence-electron chi connectivity index (χ4n) is 4.52. The van der Waals surface area contributed by atoms with Crippen molar-refractivity contribution in [3.05, 3.63) is 46.5 Å². The number of nitrogens with one attached hydrogen (secondary N) is 1. The van der Waals surface area contributed by atoms with Crippen molar-refractivity contribution in [1.29, 1.82) is 0 Å². The van der Waals surface area contributed by atoms with Gasteiger partial charge >= 0.3 is 0 Å². The number of nitrogens with zero attached hydrogens (tertiary/aromatic N) is 5. The maximum Gasteiger partial charge on any atom is 0.251 e. The van der Waals surface area contributed by atoms with Crippen LogP contribution in [-0.4, -0.2) is 68.6 Å². The van der Waals surface area contributed by atoms with Gasteiger partial charge in [0.2, 0.25) is 5.91 Å². The summed E-state index contributed by atoms with van der Waals surface area (Å²) < 4.78 is 2.28. The van der Waals surface area contributed by atoms with E-state index in [1.807, 2.05) is 18.7 Å². The van der Waals surface area contributed by atoms with Crippen LogP contribution in [0.2, 0.25) is 5.02 Å². The van der Waals surface area contributed by atoms with Gasteiger partial charge in [-0.3, -0.25) is 14.5 Å². The Kier molecular flexibility index (Phi) is 7.65. The van der Waals surface area contributed by atoms with Crippen LogP contribution in [0.1, 0.15) is 55.1 Å². The third-order valence-electron chi connectivity index (χ3n) is 6.56. The average Bonchev–Trinajstić information content (AvgIpc) is 3.03. The molecule has 8 nitrogen and oxygen atoms in total. The number of fused-ring (bicyclic) bond motifs is 1. The molecule has 1 saturated heterocycles. The predicted molar refractivity (Wildman–Crippen MR) is 127 cm³/mol. The summed E-state index contributed by atoms with van der Waals surface area (Å²) in [4.78, 5) is 30.1. The van der Waals surface area contributed by atoms with E-state index in [9.17, 15) is 9.59 Å². The standard InChI is InChI=1S/C24H33ClN6O2/c1-17(2)22(26-23(32)18-7-9-19(25)10-8-18)24(33)30-14-12-29(13-15-30)16-21-28-27-20-6-4-3-5-11-31(20)21/h7-10,17,22H,3-6,11-16H2,1-2H3,(H,26,32). The first-order chi connectivity index (χ1) is 15.9. The molecule has 33 heavy (non-hydrogen) atoms. The summed E-state index contributed by atoms with van der Waals surface area (Å²) in [7, 11) is 0. The lowest BCUT2D eigenvalue weighted by atomic mass is 10.0. The fourth-order valence-corrected chi connectivity index (χ4v) is 4.65. The Hall–Kier alpha value is -2.45. The molecule has 178 valence electrons. The molecule has 0 aliphatic carbocycles. The fraction of sp³-hybridized carbons (Fsp3) is 0.583. The second kappa shape index (κ2) is 10.7. The van der Waals surface area contributed by atoms with Gasteiger partial charge in [-0.2, -0.15) is 0 Å². The SMILES string of the molecule is CC(C)C(NC(=O)c1ccc(Cl)cc1)C(=O)N1CCN(Cc2nnc3n2CCCCC3)CC1. The molecule has 0 saturated carbocycles. The van der Waals surface area contributed by atoms with E-state index in [-0.39, 0.29) is 17.7 Å². The Balaban J connectivity index is 1.33. The normalized spacial score (nSPS) is 18.0. The van der Waals surface area contributed by atoms with Crippen LogP contribution in [0.3, 0.4) is 0 Å². The zero-order valence-corrected chi connectivity index (χ0v) is 20.2. The van der Waals surface area contributed by atoms with Crippen molar-refractivity contribution in [3.8, 4) is 0 Å². The highest BCUT2D eigenvalue weighted by molar-refractivity contribution is 6.30. The number of benzene rings is 1. The Labute approximate surface area is 200 Å². The molecule has 9 heteroatoms. The van der Waals surface area contributed by atoms with Gasteiger partial charge in [0.15, 0.2) is 0 Å². The first-order valence-corrected chi connectivity index (χ1v) is 12.3. The van der Waals surface area contributed by atoms with E-state index in [4.69, 9.17) is 11.6 Å². The van der Waals surface area contributed by atoms with Crippen molar-refractivity contribution in [2.24, 2.45) is 5.92 Å². The maximum atomic E-state index is 13.3. The van der Waals surface area contributed by atoms with Crippen LogP contribution in [0.5, 0.6) is 0 Å². The van der Waals surface area contributed by atoms with Crippen molar-refractivity contribution in [3.63, 3.8) is 0 Å². The summed E-state index contributed by atoms with van der Waals surface area (Å²) in [6, 6.07) is 6.13. The lowest BCUT2D eigenvalue weighted by molar-refractivity contribution is -0.136. The van der Waals surface area contributed by atoms with Crippen LogP contribution in [0, 0.1) is 5.92 Å². The van der Waals surface area contributed by atoms with Gasteiger partial charge in [0.1, 0.15) is 17.7 Å². The molecule has 0 bridgehead atoms. The number of amides is 2. The second-order valence-electron chi connectivity index (χ2n) is 9.30. The maximum absolute atomic E-state index is 13.3. The van der Waals surface area contributed by atoms with E-state index in [0.717, 1.165) is 44.2 Å². The first kappa shape index (κ1) is 23.7. The number of aryl methyl sites for hydroxylation is 1. The number of aromatic nitrogens is 3. The first-order valence-electron chi connectivity index (χ1n) is 11.9. The van der Waals surface area contributed by atoms with Gasteiger partial charge in [0, 0.05) is 49.7 Å². The molecular weight excluding hydrogens is 440 g/mol. The van der Waals surface area contributed by atoms with Crippen LogP contribution >= 0.6 is 11.6 Å². The van der Waals surface area contributed by atoms with Gasteiger partial charge in [-0.25, -0.2) is 0 Å². The third kappa shape index (κ3) is 5.73. The topological polar surface area (TPSA) is 83.4 Å². The van der Waals surface area contributed by atoms with Crippen molar-refractivity contribution < 1.29 is 9.59 Å². The Morgan fingerprint density at radius 2 is 1.73 bits per heavy atom. The van der Waals surface area contributed by atoms with Gasteiger partial charge in [-0.1, -0.05) is 31.9 Å². The van der Waals surface area contributed by atoms with Crippen LogP contribution < -0.4 is 5.32 Å². The third-order valence-corrected chi connectivity index (χ3v) is 6.81. The van der Waals surface area contributed by atoms with E-state index in [1.54, 1.807) is 24.3 Å². The molecule has 2 amide bonds. The molecule has 2 aliphatic heterocycles. The van der Waals surface area contributed by atoms with Crippen molar-refractivity contribution >= 4 is 23.4 Å². The summed E-state index contributed by atoms with van der Waals surface area (Å²) in [5.41, 5.74) is 0.495. The van der Waals surface area contributed by atoms with E-state index < -0.39 is 6.04 Å². The van der Waals surface area contributed by atoms with Crippen molar-refractivity contribution in [2.45, 2.75) is 58.7 Å². The molecule has 3 heterocycles. The zero-order chi connectivity index (χ0) is 23.4. The highest BCUT2D eigenvalue weighted by Crippen LogP contribution is 2.17. The van der Waals surface area contributed by atoms with Crippen LogP contribution in [0.25, 0.3) is 0 Å². The summed E-state index contributed by atoms with van der Waals surface area (Å²) in [5.74, 6) is 1.83. The van der Waals surface area contributed by atoms with Gasteiger partial charge in [0.05, 0.1) is 6.54 Å². The summed E-state index contributed by atoms with van der Waals surface area (Å²) in [6.45, 7) is 8.51. The lowest BCUT2D eigenvalue weighted by Crippen LogP contribution is -2.56. The Bertz CT molecular complexity index is 966. The number of rotatable bonds is 6. The molecule has 1 atom stereocenters. The molecule has 1 unspecified atom stereocenters. The number of hydrogen-bond donors (Lipinski definition) is 1. The minimum absolute atomic E-state index is 0.0155. The molecule has 1 aromatic heterocycles. The molecule has 4 rings (SSSR count). The van der Waals surface area contributed by atoms with E-state index in [2.05, 4.69) is 25.0 Å². The van der Waals surface area contributed by atoms with E-state index >= 15 is 0 Å². The molecule has 1 N–H and O–H groups in total. The molecule has 0 spiro atoms. The van der Waals surface area contributed by atoms with Crippen LogP contribution in [-0.2, 0) is 24.3 Å². The average molecular weight is 473 g/mol. The number of halogens is 1. The number of carbonyl (C=O) groups excluding carboxylic acids is 2. The minimum atomic E-state index is -0.563. The largest absolute Gasteiger partial charge is 0.340 e. The van der Waals surface area contributed by atoms with Crippen molar-refractivity contribution in [1.82, 2.24) is 29.9 Å².